The number of hydrogen-bond donors (Lipinski definition) is 1. The molecule has 0 spiro atoms. The zero-order valence-corrected chi connectivity index (χ0v) is 15.5. The highest BCUT2D eigenvalue weighted by Crippen LogP contribution is 2.55. The number of amides is 1. The first-order valence-corrected chi connectivity index (χ1v) is 11.1. The summed E-state index contributed by atoms with van der Waals surface area (Å²) in [5, 5.41) is 1.68. The average Bonchev–Trinajstić information content (AvgIpc) is 2.91. The number of sulfone groups is 1. The van der Waals surface area contributed by atoms with E-state index in [2.05, 4.69) is 5.32 Å². The van der Waals surface area contributed by atoms with Crippen molar-refractivity contribution >= 4 is 15.7 Å². The third-order valence-electron chi connectivity index (χ3n) is 7.02. The fraction of sp³-hybridized carbons (Fsp3) is 0.944. The van der Waals surface area contributed by atoms with E-state index in [0.717, 1.165) is 37.0 Å². The molecule has 5 rings (SSSR count). The summed E-state index contributed by atoms with van der Waals surface area (Å²) in [7, 11) is -3.51. The van der Waals surface area contributed by atoms with Crippen LogP contribution >= 0.6 is 0 Å². The number of ether oxygens (including phenoxy) is 1. The first-order chi connectivity index (χ1) is 11.3. The van der Waals surface area contributed by atoms with Crippen LogP contribution in [0.2, 0.25) is 0 Å². The van der Waals surface area contributed by atoms with Gasteiger partial charge in [0.2, 0.25) is 5.91 Å². The predicted octanol–water partition coefficient (Wildman–Crippen LogP) is 2.05. The summed E-state index contributed by atoms with van der Waals surface area (Å²) in [6, 6.07) is 0. The Morgan fingerprint density at radius 3 is 2.12 bits per heavy atom. The number of hydrogen-bond acceptors (Lipinski definition) is 4. The van der Waals surface area contributed by atoms with Crippen molar-refractivity contribution in [3.05, 3.63) is 0 Å². The summed E-state index contributed by atoms with van der Waals surface area (Å²) in [5.41, 5.74) is -0.132. The van der Waals surface area contributed by atoms with Crippen molar-refractivity contribution in [2.75, 3.05) is 6.61 Å². The third-order valence-corrected chi connectivity index (χ3v) is 9.68. The van der Waals surface area contributed by atoms with E-state index < -0.39 is 20.3 Å². The molecular weight excluding hydrogens is 326 g/mol. The van der Waals surface area contributed by atoms with Crippen LogP contribution in [0.1, 0.15) is 58.8 Å². The lowest BCUT2D eigenvalue weighted by Crippen LogP contribution is -2.61. The molecule has 1 heterocycles. The van der Waals surface area contributed by atoms with E-state index in [0.29, 0.717) is 13.0 Å². The van der Waals surface area contributed by atoms with Gasteiger partial charge in [0.05, 0.1) is 11.4 Å². The molecule has 0 aromatic heterocycles. The summed E-state index contributed by atoms with van der Waals surface area (Å²) in [5.74, 6) is 1.89. The van der Waals surface area contributed by atoms with Gasteiger partial charge in [0.1, 0.15) is 5.25 Å². The van der Waals surface area contributed by atoms with Gasteiger partial charge in [-0.2, -0.15) is 0 Å². The first kappa shape index (κ1) is 16.8. The molecule has 1 saturated heterocycles. The van der Waals surface area contributed by atoms with Crippen LogP contribution in [-0.2, 0) is 19.4 Å². The SMILES string of the molecule is CC1OCCC1S(=O)(=O)C(C)C(=O)NC12CC3CC(CC(C3)C1)C2. The third kappa shape index (κ3) is 2.70. The Balaban J connectivity index is 1.48. The molecule has 4 bridgehead atoms. The van der Waals surface area contributed by atoms with Crippen LogP contribution in [0.4, 0.5) is 0 Å². The van der Waals surface area contributed by atoms with Gasteiger partial charge < -0.3 is 10.1 Å². The van der Waals surface area contributed by atoms with Gasteiger partial charge in [-0.25, -0.2) is 8.42 Å². The van der Waals surface area contributed by atoms with E-state index in [9.17, 15) is 13.2 Å². The Hall–Kier alpha value is -0.620. The summed E-state index contributed by atoms with van der Waals surface area (Å²) in [4.78, 5) is 12.8. The largest absolute Gasteiger partial charge is 0.377 e. The smallest absolute Gasteiger partial charge is 0.238 e. The molecule has 4 aliphatic carbocycles. The lowest BCUT2D eigenvalue weighted by molar-refractivity contribution is -0.126. The molecule has 0 aromatic carbocycles. The van der Waals surface area contributed by atoms with Crippen LogP contribution in [0.3, 0.4) is 0 Å². The molecule has 4 saturated carbocycles. The van der Waals surface area contributed by atoms with Gasteiger partial charge in [-0.05, 0) is 76.5 Å². The van der Waals surface area contributed by atoms with E-state index in [1.54, 1.807) is 13.8 Å². The number of nitrogens with one attached hydrogen (secondary N) is 1. The quantitative estimate of drug-likeness (QED) is 0.838. The van der Waals surface area contributed by atoms with E-state index in [1.165, 1.54) is 19.3 Å². The maximum atomic E-state index is 12.8. The van der Waals surface area contributed by atoms with Crippen molar-refractivity contribution in [3.63, 3.8) is 0 Å². The molecule has 6 heteroatoms. The second kappa shape index (κ2) is 5.70. The molecule has 3 atom stereocenters. The zero-order chi connectivity index (χ0) is 17.1. The molecular formula is C18H29NO4S. The first-order valence-electron chi connectivity index (χ1n) is 9.45. The minimum atomic E-state index is -3.51. The second-order valence-corrected chi connectivity index (χ2v) is 11.3. The minimum absolute atomic E-state index is 0.132. The van der Waals surface area contributed by atoms with Crippen molar-refractivity contribution in [2.24, 2.45) is 17.8 Å². The Kier molecular flexibility index (Phi) is 3.99. The summed E-state index contributed by atoms with van der Waals surface area (Å²) in [6.07, 6.45) is 7.23. The van der Waals surface area contributed by atoms with Crippen molar-refractivity contribution in [1.82, 2.24) is 5.32 Å². The Morgan fingerprint density at radius 1 is 1.12 bits per heavy atom. The zero-order valence-electron chi connectivity index (χ0n) is 14.7. The molecule has 1 N–H and O–H groups in total. The van der Waals surface area contributed by atoms with Crippen LogP contribution in [0.15, 0.2) is 0 Å². The molecule has 5 nitrogen and oxygen atoms in total. The predicted molar refractivity (Wildman–Crippen MR) is 91.2 cm³/mol. The Bertz CT molecular complexity index is 594. The topological polar surface area (TPSA) is 72.5 Å². The highest BCUT2D eigenvalue weighted by molar-refractivity contribution is 7.93. The molecule has 24 heavy (non-hydrogen) atoms. The molecule has 0 radical (unpaired) electrons. The molecule has 5 fully saturated rings. The molecule has 136 valence electrons. The molecule has 0 aromatic rings. The molecule has 1 amide bonds. The maximum Gasteiger partial charge on any atom is 0.238 e. The molecule has 5 aliphatic rings. The molecule has 3 unspecified atom stereocenters. The summed E-state index contributed by atoms with van der Waals surface area (Å²) in [6.45, 7) is 3.81. The van der Waals surface area contributed by atoms with Crippen molar-refractivity contribution in [1.29, 1.82) is 0 Å². The van der Waals surface area contributed by atoms with Crippen molar-refractivity contribution < 1.29 is 17.9 Å². The molecule has 1 aliphatic heterocycles. The lowest BCUT2D eigenvalue weighted by atomic mass is 9.53. The highest BCUT2D eigenvalue weighted by atomic mass is 32.2. The maximum absolute atomic E-state index is 12.8. The van der Waals surface area contributed by atoms with Crippen LogP contribution < -0.4 is 5.32 Å². The fourth-order valence-corrected chi connectivity index (χ4v) is 8.10. The summed E-state index contributed by atoms with van der Waals surface area (Å²) < 4.78 is 31.1. The van der Waals surface area contributed by atoms with Crippen LogP contribution in [0, 0.1) is 17.8 Å². The van der Waals surface area contributed by atoms with Crippen molar-refractivity contribution in [3.8, 4) is 0 Å². The number of rotatable bonds is 4. The number of carbonyl (C=O) groups is 1. The normalized spacial score (nSPS) is 45.3. The van der Waals surface area contributed by atoms with E-state index >= 15 is 0 Å². The van der Waals surface area contributed by atoms with Crippen molar-refractivity contribution in [2.45, 2.75) is 80.9 Å². The Morgan fingerprint density at radius 2 is 1.67 bits per heavy atom. The van der Waals surface area contributed by atoms with Gasteiger partial charge >= 0.3 is 0 Å². The summed E-state index contributed by atoms with van der Waals surface area (Å²) >= 11 is 0. The van der Waals surface area contributed by atoms with E-state index in [1.807, 2.05) is 0 Å². The lowest BCUT2D eigenvalue weighted by Gasteiger charge is -2.57. The van der Waals surface area contributed by atoms with Crippen LogP contribution in [0.5, 0.6) is 0 Å². The average molecular weight is 356 g/mol. The standard InChI is InChI=1S/C18H29NO4S/c1-11-16(3-4-23-11)24(21,22)12(2)17(20)19-18-8-13-5-14(9-18)7-15(6-13)10-18/h11-16H,3-10H2,1-2H3,(H,19,20). The van der Waals surface area contributed by atoms with Crippen LogP contribution in [-0.4, -0.2) is 43.1 Å². The Labute approximate surface area is 144 Å². The fourth-order valence-electron chi connectivity index (χ4n) is 6.18. The van der Waals surface area contributed by atoms with E-state index in [-0.39, 0.29) is 17.6 Å². The van der Waals surface area contributed by atoms with Gasteiger partial charge in [0.25, 0.3) is 0 Å². The van der Waals surface area contributed by atoms with E-state index in [4.69, 9.17) is 4.74 Å². The highest BCUT2D eigenvalue weighted by Gasteiger charge is 2.52. The van der Waals surface area contributed by atoms with Gasteiger partial charge in [0, 0.05) is 12.1 Å². The van der Waals surface area contributed by atoms with Gasteiger partial charge in [-0.15, -0.1) is 0 Å². The van der Waals surface area contributed by atoms with Gasteiger partial charge in [0.15, 0.2) is 9.84 Å². The van der Waals surface area contributed by atoms with Gasteiger partial charge in [-0.3, -0.25) is 4.79 Å². The number of carbonyl (C=O) groups excluding carboxylic acids is 1. The monoisotopic (exact) mass is 355 g/mol. The second-order valence-electron chi connectivity index (χ2n) is 8.82. The minimum Gasteiger partial charge on any atom is -0.377 e. The van der Waals surface area contributed by atoms with Crippen LogP contribution in [0.25, 0.3) is 0 Å². The van der Waals surface area contributed by atoms with Gasteiger partial charge in [-0.1, -0.05) is 0 Å².